The molecule has 2 aromatic rings. The quantitative estimate of drug-likeness (QED) is 0.851. The number of nitrogens with one attached hydrogen (secondary N) is 1. The van der Waals surface area contributed by atoms with Crippen LogP contribution in [0.2, 0.25) is 0 Å². The molecule has 1 aromatic carbocycles. The molecule has 5 nitrogen and oxygen atoms in total. The molecule has 6 heteroatoms. The van der Waals surface area contributed by atoms with Gasteiger partial charge in [0, 0.05) is 29.8 Å². The predicted octanol–water partition coefficient (Wildman–Crippen LogP) is 2.39. The summed E-state index contributed by atoms with van der Waals surface area (Å²) in [6.45, 7) is 0.664. The maximum atomic E-state index is 5.82. The average molecular weight is 311 g/mol. The van der Waals surface area contributed by atoms with Gasteiger partial charge in [-0.2, -0.15) is 5.10 Å². The van der Waals surface area contributed by atoms with Crippen LogP contribution >= 0.6 is 15.9 Å². The monoisotopic (exact) mass is 310 g/mol. The van der Waals surface area contributed by atoms with Gasteiger partial charge in [0.05, 0.1) is 7.11 Å². The molecule has 0 radical (unpaired) electrons. The van der Waals surface area contributed by atoms with E-state index in [4.69, 9.17) is 10.5 Å². The van der Waals surface area contributed by atoms with Crippen molar-refractivity contribution in [3.63, 3.8) is 0 Å². The highest BCUT2D eigenvalue weighted by Gasteiger charge is 2.04. The van der Waals surface area contributed by atoms with E-state index in [0.29, 0.717) is 12.4 Å². The number of methoxy groups -OCH3 is 1. The summed E-state index contributed by atoms with van der Waals surface area (Å²) in [5.41, 5.74) is 7.65. The number of halogens is 1. The minimum atomic E-state index is 0.664. The molecule has 96 valence electrons. The molecule has 0 bridgehead atoms. The van der Waals surface area contributed by atoms with Crippen LogP contribution < -0.4 is 15.8 Å². The van der Waals surface area contributed by atoms with E-state index in [-0.39, 0.29) is 0 Å². The Labute approximate surface area is 114 Å². The van der Waals surface area contributed by atoms with E-state index in [2.05, 4.69) is 26.3 Å². The molecule has 0 unspecified atom stereocenters. The summed E-state index contributed by atoms with van der Waals surface area (Å²) >= 11 is 3.37. The van der Waals surface area contributed by atoms with Gasteiger partial charge < -0.3 is 15.8 Å². The zero-order chi connectivity index (χ0) is 13.1. The lowest BCUT2D eigenvalue weighted by molar-refractivity contribution is 0.373. The highest BCUT2D eigenvalue weighted by molar-refractivity contribution is 9.10. The lowest BCUT2D eigenvalue weighted by Crippen LogP contribution is -2.01. The van der Waals surface area contributed by atoms with Crippen molar-refractivity contribution >= 4 is 27.4 Å². The standard InChI is InChI=1S/C12H15BrN4O/c1-17-12(18-2)6-11(16-17)15-7-8-3-4-9(13)10(14)5-8/h3-6H,7,14H2,1-2H3,(H,15,16). The second kappa shape index (κ2) is 5.30. The molecule has 0 aliphatic heterocycles. The van der Waals surface area contributed by atoms with Crippen LogP contribution in [0.1, 0.15) is 5.56 Å². The number of nitrogen functional groups attached to an aromatic ring is 1. The van der Waals surface area contributed by atoms with Gasteiger partial charge in [-0.05, 0) is 33.6 Å². The van der Waals surface area contributed by atoms with E-state index in [9.17, 15) is 0 Å². The van der Waals surface area contributed by atoms with Gasteiger partial charge in [-0.25, -0.2) is 4.68 Å². The molecule has 1 aromatic heterocycles. The summed E-state index contributed by atoms with van der Waals surface area (Å²) in [4.78, 5) is 0. The van der Waals surface area contributed by atoms with Crippen LogP contribution in [0.5, 0.6) is 5.88 Å². The maximum Gasteiger partial charge on any atom is 0.213 e. The Morgan fingerprint density at radius 2 is 2.22 bits per heavy atom. The number of hydrogen-bond donors (Lipinski definition) is 2. The smallest absolute Gasteiger partial charge is 0.213 e. The average Bonchev–Trinajstić information content (AvgIpc) is 2.71. The summed E-state index contributed by atoms with van der Waals surface area (Å²) < 4.78 is 7.73. The molecule has 0 spiro atoms. The molecule has 18 heavy (non-hydrogen) atoms. The molecule has 0 saturated heterocycles. The van der Waals surface area contributed by atoms with E-state index in [0.717, 1.165) is 21.5 Å². The summed E-state index contributed by atoms with van der Waals surface area (Å²) in [7, 11) is 3.46. The number of aryl methyl sites for hydroxylation is 1. The van der Waals surface area contributed by atoms with Crippen molar-refractivity contribution in [2.24, 2.45) is 7.05 Å². The third-order valence-corrected chi connectivity index (χ3v) is 3.30. The molecule has 0 fully saturated rings. The fourth-order valence-corrected chi connectivity index (χ4v) is 1.87. The minimum Gasteiger partial charge on any atom is -0.481 e. The zero-order valence-electron chi connectivity index (χ0n) is 10.3. The van der Waals surface area contributed by atoms with Gasteiger partial charge in [-0.15, -0.1) is 0 Å². The first-order chi connectivity index (χ1) is 8.60. The molecule has 0 saturated carbocycles. The van der Waals surface area contributed by atoms with Crippen molar-refractivity contribution in [3.8, 4) is 5.88 Å². The van der Waals surface area contributed by atoms with Crippen LogP contribution in [-0.4, -0.2) is 16.9 Å². The first kappa shape index (κ1) is 12.8. The van der Waals surface area contributed by atoms with Crippen LogP contribution in [0.4, 0.5) is 11.5 Å². The van der Waals surface area contributed by atoms with E-state index >= 15 is 0 Å². The van der Waals surface area contributed by atoms with Crippen molar-refractivity contribution in [2.45, 2.75) is 6.54 Å². The van der Waals surface area contributed by atoms with Gasteiger partial charge in [0.2, 0.25) is 5.88 Å². The van der Waals surface area contributed by atoms with Gasteiger partial charge in [-0.3, -0.25) is 0 Å². The maximum absolute atomic E-state index is 5.82. The SMILES string of the molecule is COc1cc(NCc2ccc(Br)c(N)c2)nn1C. The van der Waals surface area contributed by atoms with Crippen molar-refractivity contribution in [3.05, 3.63) is 34.3 Å². The van der Waals surface area contributed by atoms with Crippen LogP contribution in [0.25, 0.3) is 0 Å². The van der Waals surface area contributed by atoms with Crippen molar-refractivity contribution in [2.75, 3.05) is 18.2 Å². The molecule has 0 atom stereocenters. The third kappa shape index (κ3) is 2.76. The first-order valence-corrected chi connectivity index (χ1v) is 6.25. The van der Waals surface area contributed by atoms with Gasteiger partial charge in [0.25, 0.3) is 0 Å². The summed E-state index contributed by atoms with van der Waals surface area (Å²) in [6.07, 6.45) is 0. The summed E-state index contributed by atoms with van der Waals surface area (Å²) in [5.74, 6) is 1.49. The van der Waals surface area contributed by atoms with E-state index in [1.54, 1.807) is 11.8 Å². The summed E-state index contributed by atoms with van der Waals surface area (Å²) in [5, 5.41) is 7.50. The number of ether oxygens (including phenoxy) is 1. The van der Waals surface area contributed by atoms with Crippen LogP contribution in [0.15, 0.2) is 28.7 Å². The second-order valence-electron chi connectivity index (χ2n) is 3.90. The number of nitrogens with zero attached hydrogens (tertiary/aromatic N) is 2. The summed E-state index contributed by atoms with van der Waals surface area (Å²) in [6, 6.07) is 7.72. The molecule has 2 rings (SSSR count). The van der Waals surface area contributed by atoms with Gasteiger partial charge in [0.15, 0.2) is 5.82 Å². The van der Waals surface area contributed by atoms with E-state index in [1.807, 2.05) is 31.3 Å². The lowest BCUT2D eigenvalue weighted by atomic mass is 10.2. The Kier molecular flexibility index (Phi) is 3.76. The number of nitrogens with two attached hydrogens (primary N) is 1. The number of hydrogen-bond acceptors (Lipinski definition) is 4. The lowest BCUT2D eigenvalue weighted by Gasteiger charge is -2.05. The Morgan fingerprint density at radius 3 is 2.83 bits per heavy atom. The minimum absolute atomic E-state index is 0.664. The number of benzene rings is 1. The van der Waals surface area contributed by atoms with Gasteiger partial charge in [-0.1, -0.05) is 6.07 Å². The third-order valence-electron chi connectivity index (χ3n) is 2.58. The number of anilines is 2. The molecular weight excluding hydrogens is 296 g/mol. The highest BCUT2D eigenvalue weighted by atomic mass is 79.9. The Hall–Kier alpha value is -1.69. The Morgan fingerprint density at radius 1 is 1.44 bits per heavy atom. The van der Waals surface area contributed by atoms with Crippen molar-refractivity contribution < 1.29 is 4.74 Å². The largest absolute Gasteiger partial charge is 0.481 e. The topological polar surface area (TPSA) is 65.1 Å². The highest BCUT2D eigenvalue weighted by Crippen LogP contribution is 2.21. The molecule has 3 N–H and O–H groups in total. The van der Waals surface area contributed by atoms with Crippen molar-refractivity contribution in [1.29, 1.82) is 0 Å². The predicted molar refractivity (Wildman–Crippen MR) is 75.6 cm³/mol. The fourth-order valence-electron chi connectivity index (χ4n) is 1.62. The zero-order valence-corrected chi connectivity index (χ0v) is 11.9. The molecule has 1 heterocycles. The molecule has 0 amide bonds. The Balaban J connectivity index is 2.04. The molecular formula is C12H15BrN4O. The van der Waals surface area contributed by atoms with E-state index in [1.165, 1.54) is 0 Å². The van der Waals surface area contributed by atoms with E-state index < -0.39 is 0 Å². The van der Waals surface area contributed by atoms with Gasteiger partial charge >= 0.3 is 0 Å². The Bertz CT molecular complexity index is 553. The van der Waals surface area contributed by atoms with Crippen LogP contribution in [0, 0.1) is 0 Å². The molecule has 0 aliphatic rings. The van der Waals surface area contributed by atoms with Gasteiger partial charge in [0.1, 0.15) is 0 Å². The number of rotatable bonds is 4. The number of aromatic nitrogens is 2. The first-order valence-electron chi connectivity index (χ1n) is 5.46. The van der Waals surface area contributed by atoms with Crippen LogP contribution in [0.3, 0.4) is 0 Å². The normalized spacial score (nSPS) is 10.4. The van der Waals surface area contributed by atoms with Crippen molar-refractivity contribution in [1.82, 2.24) is 9.78 Å². The van der Waals surface area contributed by atoms with Crippen LogP contribution in [-0.2, 0) is 13.6 Å². The fraction of sp³-hybridized carbons (Fsp3) is 0.250. The molecule has 0 aliphatic carbocycles. The second-order valence-corrected chi connectivity index (χ2v) is 4.76.